The predicted octanol–water partition coefficient (Wildman–Crippen LogP) is 2.43. The zero-order valence-electron chi connectivity index (χ0n) is 16.5. The van der Waals surface area contributed by atoms with Crippen LogP contribution in [0, 0.1) is 13.8 Å². The van der Waals surface area contributed by atoms with E-state index in [1.165, 1.54) is 11.3 Å². The van der Waals surface area contributed by atoms with Gasteiger partial charge in [-0.2, -0.15) is 5.10 Å². The summed E-state index contributed by atoms with van der Waals surface area (Å²) in [4.78, 5) is 8.74. The van der Waals surface area contributed by atoms with Gasteiger partial charge in [-0.05, 0) is 46.1 Å². The summed E-state index contributed by atoms with van der Waals surface area (Å²) in [6, 6.07) is 0.285. The van der Waals surface area contributed by atoms with Crippen LogP contribution >= 0.6 is 24.0 Å². The number of imidazole rings is 1. The number of hydrogen-bond donors (Lipinski definition) is 2. The number of nitrogens with one attached hydrogen (secondary N) is 2. The molecule has 2 N–H and O–H groups in total. The number of halogens is 1. The first-order chi connectivity index (χ1) is 12.0. The molecule has 0 radical (unpaired) electrons. The van der Waals surface area contributed by atoms with Crippen molar-refractivity contribution in [2.24, 2.45) is 12.0 Å². The summed E-state index contributed by atoms with van der Waals surface area (Å²) >= 11 is 0. The number of rotatable bonds is 8. The van der Waals surface area contributed by atoms with E-state index in [0.29, 0.717) is 0 Å². The Hall–Kier alpha value is -1.58. The Kier molecular flexibility index (Phi) is 9.68. The van der Waals surface area contributed by atoms with Crippen LogP contribution in [0.15, 0.2) is 23.7 Å². The Morgan fingerprint density at radius 2 is 2.12 bits per heavy atom. The molecular formula is C18H32IN7. The molecule has 0 aliphatic carbocycles. The Morgan fingerprint density at radius 1 is 1.35 bits per heavy atom. The number of nitrogens with zero attached hydrogens (tertiary/aromatic N) is 5. The van der Waals surface area contributed by atoms with Crippen molar-refractivity contribution in [1.29, 1.82) is 0 Å². The van der Waals surface area contributed by atoms with E-state index in [2.05, 4.69) is 58.0 Å². The molecule has 7 nitrogen and oxygen atoms in total. The minimum absolute atomic E-state index is 0. The van der Waals surface area contributed by atoms with Crippen LogP contribution in [0.2, 0.25) is 0 Å². The molecular weight excluding hydrogens is 441 g/mol. The lowest BCUT2D eigenvalue weighted by atomic mass is 10.1. The molecule has 0 bridgehead atoms. The van der Waals surface area contributed by atoms with Gasteiger partial charge < -0.3 is 15.2 Å². The van der Waals surface area contributed by atoms with E-state index in [9.17, 15) is 0 Å². The molecule has 2 heterocycles. The summed E-state index contributed by atoms with van der Waals surface area (Å²) < 4.78 is 4.03. The summed E-state index contributed by atoms with van der Waals surface area (Å²) in [6.07, 6.45) is 7.55. The highest BCUT2D eigenvalue weighted by atomic mass is 127. The lowest BCUT2D eigenvalue weighted by Gasteiger charge is -2.18. The summed E-state index contributed by atoms with van der Waals surface area (Å²) in [5, 5.41) is 11.3. The van der Waals surface area contributed by atoms with E-state index in [0.717, 1.165) is 44.1 Å². The van der Waals surface area contributed by atoms with Crippen LogP contribution in [-0.4, -0.2) is 44.4 Å². The molecule has 0 aliphatic heterocycles. The van der Waals surface area contributed by atoms with Crippen molar-refractivity contribution in [3.05, 3.63) is 35.7 Å². The highest BCUT2D eigenvalue weighted by Gasteiger charge is 2.13. The smallest absolute Gasteiger partial charge is 0.191 e. The summed E-state index contributed by atoms with van der Waals surface area (Å²) in [5.41, 5.74) is 3.66. The van der Waals surface area contributed by atoms with Crippen molar-refractivity contribution >= 4 is 29.9 Å². The van der Waals surface area contributed by atoms with Crippen LogP contribution in [0.5, 0.6) is 0 Å². The van der Waals surface area contributed by atoms with Crippen molar-refractivity contribution in [2.45, 2.75) is 53.1 Å². The fraction of sp³-hybridized carbons (Fsp3) is 0.611. The first kappa shape index (κ1) is 22.5. The third-order valence-corrected chi connectivity index (χ3v) is 4.30. The van der Waals surface area contributed by atoms with E-state index in [1.54, 1.807) is 6.20 Å². The van der Waals surface area contributed by atoms with E-state index in [-0.39, 0.29) is 30.0 Å². The molecule has 0 aliphatic rings. The predicted molar refractivity (Wildman–Crippen MR) is 117 cm³/mol. The van der Waals surface area contributed by atoms with Crippen molar-refractivity contribution in [1.82, 2.24) is 30.0 Å². The Labute approximate surface area is 173 Å². The normalized spacial score (nSPS) is 12.6. The van der Waals surface area contributed by atoms with Crippen LogP contribution in [0.4, 0.5) is 0 Å². The highest BCUT2D eigenvalue weighted by Crippen LogP contribution is 2.14. The third-order valence-electron chi connectivity index (χ3n) is 4.30. The molecule has 146 valence electrons. The summed E-state index contributed by atoms with van der Waals surface area (Å²) in [6.45, 7) is 11.0. The molecule has 2 aromatic rings. The maximum atomic E-state index is 4.68. The number of aliphatic imine (C=N–C) groups is 1. The average Bonchev–Trinajstić information content (AvgIpc) is 3.16. The number of aromatic nitrogens is 4. The molecule has 2 rings (SSSR count). The van der Waals surface area contributed by atoms with Gasteiger partial charge in [0.1, 0.15) is 0 Å². The molecule has 0 saturated carbocycles. The zero-order chi connectivity index (χ0) is 18.2. The van der Waals surface area contributed by atoms with Crippen LogP contribution < -0.4 is 10.6 Å². The quantitative estimate of drug-likeness (QED) is 0.268. The van der Waals surface area contributed by atoms with Crippen molar-refractivity contribution in [2.75, 3.05) is 13.1 Å². The minimum atomic E-state index is 0. The summed E-state index contributed by atoms with van der Waals surface area (Å²) in [5.74, 6) is 0.875. The van der Waals surface area contributed by atoms with Crippen molar-refractivity contribution < 1.29 is 0 Å². The lowest BCUT2D eigenvalue weighted by Crippen LogP contribution is -2.43. The Morgan fingerprint density at radius 3 is 2.69 bits per heavy atom. The number of hydrogen-bond acceptors (Lipinski definition) is 3. The molecule has 0 amide bonds. The second-order valence-electron chi connectivity index (χ2n) is 6.44. The van der Waals surface area contributed by atoms with Crippen molar-refractivity contribution in [3.8, 4) is 0 Å². The third kappa shape index (κ3) is 6.62. The first-order valence-corrected chi connectivity index (χ1v) is 9.01. The zero-order valence-corrected chi connectivity index (χ0v) is 18.8. The van der Waals surface area contributed by atoms with Gasteiger partial charge in [0.2, 0.25) is 0 Å². The minimum Gasteiger partial charge on any atom is -0.357 e. The largest absolute Gasteiger partial charge is 0.357 e. The van der Waals surface area contributed by atoms with Crippen LogP contribution in [0.1, 0.15) is 37.2 Å². The van der Waals surface area contributed by atoms with Gasteiger partial charge in [-0.25, -0.2) is 4.98 Å². The molecule has 26 heavy (non-hydrogen) atoms. The van der Waals surface area contributed by atoms with Gasteiger partial charge in [0.05, 0.1) is 12.0 Å². The van der Waals surface area contributed by atoms with Gasteiger partial charge in [0.25, 0.3) is 0 Å². The Balaban J connectivity index is 0.00000338. The van der Waals surface area contributed by atoms with Gasteiger partial charge >= 0.3 is 0 Å². The van der Waals surface area contributed by atoms with Gasteiger partial charge in [-0.1, -0.05) is 0 Å². The second kappa shape index (κ2) is 11.2. The molecule has 8 heteroatoms. The van der Waals surface area contributed by atoms with Crippen LogP contribution in [0.3, 0.4) is 0 Å². The molecule has 0 spiro atoms. The fourth-order valence-corrected chi connectivity index (χ4v) is 2.89. The maximum absolute atomic E-state index is 4.68. The molecule has 2 aromatic heterocycles. The molecule has 0 aromatic carbocycles. The fourth-order valence-electron chi connectivity index (χ4n) is 2.89. The maximum Gasteiger partial charge on any atom is 0.191 e. The SMILES string of the molecule is CCNC(=NCCCn1ccnc1)NC(C)Cc1c(C)nn(C)c1C.I. The molecule has 1 atom stereocenters. The highest BCUT2D eigenvalue weighted by molar-refractivity contribution is 14.0. The van der Waals surface area contributed by atoms with E-state index >= 15 is 0 Å². The Bertz CT molecular complexity index is 676. The molecule has 0 saturated heterocycles. The first-order valence-electron chi connectivity index (χ1n) is 9.01. The van der Waals surface area contributed by atoms with Crippen LogP contribution in [-0.2, 0) is 20.0 Å². The number of aryl methyl sites for hydroxylation is 3. The van der Waals surface area contributed by atoms with Gasteiger partial charge in [-0.15, -0.1) is 24.0 Å². The summed E-state index contributed by atoms with van der Waals surface area (Å²) in [7, 11) is 2.00. The average molecular weight is 473 g/mol. The van der Waals surface area contributed by atoms with E-state index in [1.807, 2.05) is 24.3 Å². The van der Waals surface area contributed by atoms with E-state index in [4.69, 9.17) is 0 Å². The van der Waals surface area contributed by atoms with Gasteiger partial charge in [0, 0.05) is 50.8 Å². The molecule has 0 fully saturated rings. The number of guanidine groups is 1. The standard InChI is InChI=1S/C18H31N7.HI/c1-6-20-18(21-8-7-10-25-11-9-19-13-25)22-14(2)12-17-15(3)23-24(5)16(17)4;/h9,11,13-14H,6-8,10,12H2,1-5H3,(H2,20,21,22);1H. The second-order valence-corrected chi connectivity index (χ2v) is 6.44. The van der Waals surface area contributed by atoms with Gasteiger partial charge in [-0.3, -0.25) is 9.67 Å². The van der Waals surface area contributed by atoms with E-state index < -0.39 is 0 Å². The topological polar surface area (TPSA) is 72.1 Å². The monoisotopic (exact) mass is 473 g/mol. The molecule has 1 unspecified atom stereocenters. The van der Waals surface area contributed by atoms with Gasteiger partial charge in [0.15, 0.2) is 5.96 Å². The van der Waals surface area contributed by atoms with Crippen molar-refractivity contribution in [3.63, 3.8) is 0 Å². The lowest BCUT2D eigenvalue weighted by molar-refractivity contribution is 0.623. The van der Waals surface area contributed by atoms with Crippen LogP contribution in [0.25, 0.3) is 0 Å².